The Kier molecular flexibility index (Phi) is 3.78. The molecule has 1 fully saturated rings. The molecule has 2 heterocycles. The van der Waals surface area contributed by atoms with Crippen LogP contribution in [-0.2, 0) is 11.2 Å². The molecule has 0 bridgehead atoms. The lowest BCUT2D eigenvalue weighted by molar-refractivity contribution is 0.0833. The van der Waals surface area contributed by atoms with Gasteiger partial charge in [-0.1, -0.05) is 13.3 Å². The standard InChI is InChI=1S/C12H18N2O3/c1-2-3-9-11(15)13-10(14-12(9)16)8-4-6-17-7-5-8/h8H,2-7H2,1H3,(H2,13,14,15,16). The molecule has 1 aliphatic heterocycles. The molecule has 17 heavy (non-hydrogen) atoms. The Hall–Kier alpha value is -1.36. The summed E-state index contributed by atoms with van der Waals surface area (Å²) in [6.45, 7) is 3.34. The molecule has 0 radical (unpaired) electrons. The summed E-state index contributed by atoms with van der Waals surface area (Å²) in [6.07, 6.45) is 3.06. The number of aromatic amines is 1. The number of H-pyrrole nitrogens is 1. The second-order valence-corrected chi connectivity index (χ2v) is 4.39. The molecule has 0 unspecified atom stereocenters. The van der Waals surface area contributed by atoms with Crippen LogP contribution in [0.25, 0.3) is 0 Å². The molecule has 2 N–H and O–H groups in total. The lowest BCUT2D eigenvalue weighted by atomic mass is 9.99. The molecular formula is C12H18N2O3. The summed E-state index contributed by atoms with van der Waals surface area (Å²) in [5.74, 6) is 0.672. The van der Waals surface area contributed by atoms with Gasteiger partial charge < -0.3 is 14.8 Å². The Morgan fingerprint density at radius 2 is 2.18 bits per heavy atom. The van der Waals surface area contributed by atoms with Crippen LogP contribution in [0.15, 0.2) is 4.79 Å². The number of hydrogen-bond donors (Lipinski definition) is 2. The first kappa shape index (κ1) is 12.1. The maximum atomic E-state index is 11.8. The number of hydrogen-bond acceptors (Lipinski definition) is 4. The van der Waals surface area contributed by atoms with Crippen molar-refractivity contribution in [2.45, 2.75) is 38.5 Å². The molecular weight excluding hydrogens is 220 g/mol. The SMILES string of the molecule is CCCc1c(O)nc(C2CCOCC2)[nH]c1=O. The Bertz CT molecular complexity index is 436. The summed E-state index contributed by atoms with van der Waals surface area (Å²) in [5.41, 5.74) is 0.184. The highest BCUT2D eigenvalue weighted by Gasteiger charge is 2.20. The van der Waals surface area contributed by atoms with Crippen LogP contribution in [0.3, 0.4) is 0 Å². The van der Waals surface area contributed by atoms with E-state index in [9.17, 15) is 9.90 Å². The van der Waals surface area contributed by atoms with Gasteiger partial charge in [0, 0.05) is 19.1 Å². The van der Waals surface area contributed by atoms with Crippen molar-refractivity contribution in [3.8, 4) is 5.88 Å². The van der Waals surface area contributed by atoms with Crippen molar-refractivity contribution in [3.63, 3.8) is 0 Å². The number of ether oxygens (including phenoxy) is 1. The number of aromatic hydroxyl groups is 1. The third-order valence-corrected chi connectivity index (χ3v) is 3.12. The van der Waals surface area contributed by atoms with Crippen LogP contribution in [-0.4, -0.2) is 28.3 Å². The normalized spacial score (nSPS) is 17.2. The fourth-order valence-corrected chi connectivity index (χ4v) is 2.14. The molecule has 1 aromatic rings. The van der Waals surface area contributed by atoms with Crippen LogP contribution in [0.4, 0.5) is 0 Å². The molecule has 2 rings (SSSR count). The Labute approximate surface area is 99.9 Å². The number of nitrogens with zero attached hydrogens (tertiary/aromatic N) is 1. The first-order chi connectivity index (χ1) is 8.22. The summed E-state index contributed by atoms with van der Waals surface area (Å²) < 4.78 is 5.26. The van der Waals surface area contributed by atoms with E-state index >= 15 is 0 Å². The monoisotopic (exact) mass is 238 g/mol. The van der Waals surface area contributed by atoms with Gasteiger partial charge in [-0.15, -0.1) is 0 Å². The predicted molar refractivity (Wildman–Crippen MR) is 63.3 cm³/mol. The maximum absolute atomic E-state index is 11.8. The van der Waals surface area contributed by atoms with Gasteiger partial charge in [0.25, 0.3) is 5.56 Å². The maximum Gasteiger partial charge on any atom is 0.257 e. The molecule has 1 saturated heterocycles. The first-order valence-electron chi connectivity index (χ1n) is 6.12. The summed E-state index contributed by atoms with van der Waals surface area (Å²) in [5, 5.41) is 9.77. The Balaban J connectivity index is 2.27. The van der Waals surface area contributed by atoms with Gasteiger partial charge in [0.1, 0.15) is 5.82 Å². The fraction of sp³-hybridized carbons (Fsp3) is 0.667. The van der Waals surface area contributed by atoms with Gasteiger partial charge in [0.15, 0.2) is 0 Å². The number of aromatic nitrogens is 2. The summed E-state index contributed by atoms with van der Waals surface area (Å²) >= 11 is 0. The van der Waals surface area contributed by atoms with Gasteiger partial charge >= 0.3 is 0 Å². The highest BCUT2D eigenvalue weighted by Crippen LogP contribution is 2.24. The average Bonchev–Trinajstić information content (AvgIpc) is 2.35. The molecule has 0 spiro atoms. The molecule has 0 atom stereocenters. The zero-order valence-corrected chi connectivity index (χ0v) is 10.0. The molecule has 5 nitrogen and oxygen atoms in total. The molecule has 0 aliphatic carbocycles. The zero-order chi connectivity index (χ0) is 12.3. The second-order valence-electron chi connectivity index (χ2n) is 4.39. The minimum atomic E-state index is -0.208. The quantitative estimate of drug-likeness (QED) is 0.832. The second kappa shape index (κ2) is 5.31. The minimum Gasteiger partial charge on any atom is -0.493 e. The van der Waals surface area contributed by atoms with E-state index in [1.807, 2.05) is 6.92 Å². The van der Waals surface area contributed by atoms with Crippen molar-refractivity contribution in [1.82, 2.24) is 9.97 Å². The summed E-state index contributed by atoms with van der Waals surface area (Å²) in [4.78, 5) is 18.7. The van der Waals surface area contributed by atoms with Gasteiger partial charge in [0.2, 0.25) is 5.88 Å². The first-order valence-corrected chi connectivity index (χ1v) is 6.12. The van der Waals surface area contributed by atoms with Crippen LogP contribution in [0, 0.1) is 0 Å². The van der Waals surface area contributed by atoms with Crippen molar-refractivity contribution in [2.24, 2.45) is 0 Å². The fourth-order valence-electron chi connectivity index (χ4n) is 2.14. The van der Waals surface area contributed by atoms with Crippen molar-refractivity contribution < 1.29 is 9.84 Å². The smallest absolute Gasteiger partial charge is 0.257 e. The number of rotatable bonds is 3. The highest BCUT2D eigenvalue weighted by atomic mass is 16.5. The van der Waals surface area contributed by atoms with Gasteiger partial charge in [-0.25, -0.2) is 0 Å². The topological polar surface area (TPSA) is 75.2 Å². The lowest BCUT2D eigenvalue weighted by Gasteiger charge is -2.21. The van der Waals surface area contributed by atoms with Crippen LogP contribution >= 0.6 is 0 Å². The van der Waals surface area contributed by atoms with Crippen molar-refractivity contribution in [3.05, 3.63) is 21.7 Å². The van der Waals surface area contributed by atoms with Crippen molar-refractivity contribution >= 4 is 0 Å². The van der Waals surface area contributed by atoms with Crippen LogP contribution < -0.4 is 5.56 Å². The highest BCUT2D eigenvalue weighted by molar-refractivity contribution is 5.23. The van der Waals surface area contributed by atoms with Crippen molar-refractivity contribution in [2.75, 3.05) is 13.2 Å². The van der Waals surface area contributed by atoms with Crippen LogP contribution in [0.2, 0.25) is 0 Å². The third kappa shape index (κ3) is 2.66. The van der Waals surface area contributed by atoms with E-state index < -0.39 is 0 Å². The third-order valence-electron chi connectivity index (χ3n) is 3.12. The van der Waals surface area contributed by atoms with E-state index in [0.29, 0.717) is 31.0 Å². The zero-order valence-electron chi connectivity index (χ0n) is 10.0. The van der Waals surface area contributed by atoms with Crippen LogP contribution in [0.5, 0.6) is 5.88 Å². The largest absolute Gasteiger partial charge is 0.493 e. The molecule has 0 aromatic carbocycles. The molecule has 94 valence electrons. The van der Waals surface area contributed by atoms with Gasteiger partial charge in [-0.3, -0.25) is 4.79 Å². The van der Waals surface area contributed by atoms with E-state index in [4.69, 9.17) is 4.74 Å². The van der Waals surface area contributed by atoms with Gasteiger partial charge in [0.05, 0.1) is 5.56 Å². The van der Waals surface area contributed by atoms with E-state index in [2.05, 4.69) is 9.97 Å². The van der Waals surface area contributed by atoms with E-state index in [1.54, 1.807) is 0 Å². The molecule has 0 saturated carbocycles. The number of nitrogens with one attached hydrogen (secondary N) is 1. The average molecular weight is 238 g/mol. The van der Waals surface area contributed by atoms with Gasteiger partial charge in [-0.05, 0) is 19.3 Å². The van der Waals surface area contributed by atoms with Crippen molar-refractivity contribution in [1.29, 1.82) is 0 Å². The van der Waals surface area contributed by atoms with Crippen LogP contribution in [0.1, 0.15) is 43.5 Å². The molecule has 0 amide bonds. The molecule has 1 aliphatic rings. The predicted octanol–water partition coefficient (Wildman–Crippen LogP) is 1.32. The summed E-state index contributed by atoms with van der Waals surface area (Å²) in [6, 6.07) is 0. The summed E-state index contributed by atoms with van der Waals surface area (Å²) in [7, 11) is 0. The van der Waals surface area contributed by atoms with E-state index in [-0.39, 0.29) is 17.4 Å². The lowest BCUT2D eigenvalue weighted by Crippen LogP contribution is -2.22. The Morgan fingerprint density at radius 1 is 1.47 bits per heavy atom. The van der Waals surface area contributed by atoms with E-state index in [0.717, 1.165) is 19.3 Å². The molecule has 5 heteroatoms. The van der Waals surface area contributed by atoms with Gasteiger partial charge in [-0.2, -0.15) is 4.98 Å². The minimum absolute atomic E-state index is 0.114. The van der Waals surface area contributed by atoms with E-state index in [1.165, 1.54) is 0 Å². The Morgan fingerprint density at radius 3 is 2.76 bits per heavy atom. The molecule has 1 aromatic heterocycles.